The first-order chi connectivity index (χ1) is 14.2. The standard InChI is InChI=1S/C20H22N6O2S/c21-17(27)14-6-5-11(28-14)9-24-19-16-12-3-1-2-4-15(12)29-20(16)26-18(25-19)13-10-22-7-8-23-13/h7-8,10-11,14H,1-6,9H2,(H2,21,27)(H,24,25,26). The molecule has 1 amide bonds. The highest BCUT2D eigenvalue weighted by Gasteiger charge is 2.29. The number of carbonyl (C=O) groups is 1. The van der Waals surface area contributed by atoms with Crippen LogP contribution >= 0.6 is 11.3 Å². The summed E-state index contributed by atoms with van der Waals surface area (Å²) in [7, 11) is 0. The highest BCUT2D eigenvalue weighted by atomic mass is 32.1. The van der Waals surface area contributed by atoms with Crippen LogP contribution in [0.15, 0.2) is 18.6 Å². The second-order valence-corrected chi connectivity index (χ2v) is 8.57. The van der Waals surface area contributed by atoms with Crippen LogP contribution in [-0.2, 0) is 22.4 Å². The zero-order chi connectivity index (χ0) is 19.8. The molecule has 1 saturated heterocycles. The summed E-state index contributed by atoms with van der Waals surface area (Å²) in [5.74, 6) is 0.976. The van der Waals surface area contributed by atoms with Crippen molar-refractivity contribution < 1.29 is 9.53 Å². The Morgan fingerprint density at radius 3 is 2.93 bits per heavy atom. The summed E-state index contributed by atoms with van der Waals surface area (Å²) in [6.45, 7) is 0.570. The number of primary amides is 1. The number of aromatic nitrogens is 4. The van der Waals surface area contributed by atoms with Crippen molar-refractivity contribution in [3.05, 3.63) is 29.0 Å². The highest BCUT2D eigenvalue weighted by molar-refractivity contribution is 7.19. The molecule has 0 radical (unpaired) electrons. The number of hydrogen-bond acceptors (Lipinski definition) is 8. The van der Waals surface area contributed by atoms with E-state index in [4.69, 9.17) is 20.4 Å². The van der Waals surface area contributed by atoms with Crippen LogP contribution in [0.3, 0.4) is 0 Å². The van der Waals surface area contributed by atoms with Crippen LogP contribution in [0, 0.1) is 0 Å². The summed E-state index contributed by atoms with van der Waals surface area (Å²) < 4.78 is 5.77. The molecule has 3 aromatic rings. The van der Waals surface area contributed by atoms with Crippen LogP contribution in [0.1, 0.15) is 36.1 Å². The van der Waals surface area contributed by atoms with E-state index in [0.29, 0.717) is 24.5 Å². The monoisotopic (exact) mass is 410 g/mol. The quantitative estimate of drug-likeness (QED) is 0.664. The van der Waals surface area contributed by atoms with Gasteiger partial charge in [0.1, 0.15) is 22.4 Å². The third-order valence-corrected chi connectivity index (χ3v) is 6.71. The lowest BCUT2D eigenvalue weighted by molar-refractivity contribution is -0.128. The molecule has 150 valence electrons. The number of fused-ring (bicyclic) bond motifs is 3. The summed E-state index contributed by atoms with van der Waals surface area (Å²) in [4.78, 5) is 31.9. The van der Waals surface area contributed by atoms with Gasteiger partial charge in [0.05, 0.1) is 17.7 Å². The van der Waals surface area contributed by atoms with Gasteiger partial charge in [0.15, 0.2) is 5.82 Å². The first-order valence-corrected chi connectivity index (χ1v) is 10.8. The number of anilines is 1. The number of carbonyl (C=O) groups excluding carboxylic acids is 1. The number of thiophene rings is 1. The number of hydrogen-bond donors (Lipinski definition) is 2. The molecule has 2 aliphatic rings. The van der Waals surface area contributed by atoms with Crippen LogP contribution in [0.25, 0.3) is 21.7 Å². The molecule has 5 rings (SSSR count). The lowest BCUT2D eigenvalue weighted by atomic mass is 9.97. The maximum Gasteiger partial charge on any atom is 0.246 e. The van der Waals surface area contributed by atoms with Crippen LogP contribution in [-0.4, -0.2) is 44.6 Å². The van der Waals surface area contributed by atoms with Gasteiger partial charge in [-0.15, -0.1) is 11.3 Å². The Morgan fingerprint density at radius 2 is 2.14 bits per heavy atom. The molecule has 1 aliphatic heterocycles. The molecule has 8 nitrogen and oxygen atoms in total. The van der Waals surface area contributed by atoms with Crippen molar-refractivity contribution in [2.45, 2.75) is 50.7 Å². The predicted molar refractivity (Wildman–Crippen MR) is 111 cm³/mol. The average molecular weight is 411 g/mol. The van der Waals surface area contributed by atoms with Gasteiger partial charge < -0.3 is 15.8 Å². The van der Waals surface area contributed by atoms with E-state index in [1.165, 1.54) is 23.3 Å². The van der Waals surface area contributed by atoms with Gasteiger partial charge in [-0.25, -0.2) is 15.0 Å². The Labute approximate surface area is 171 Å². The largest absolute Gasteiger partial charge is 0.367 e. The Bertz CT molecular complexity index is 1050. The molecular formula is C20H22N6O2S. The van der Waals surface area contributed by atoms with Crippen molar-refractivity contribution in [1.82, 2.24) is 19.9 Å². The summed E-state index contributed by atoms with van der Waals surface area (Å²) in [6, 6.07) is 0. The molecule has 0 bridgehead atoms. The molecule has 9 heteroatoms. The Balaban J connectivity index is 1.50. The third kappa shape index (κ3) is 3.56. The van der Waals surface area contributed by atoms with Crippen LogP contribution in [0.2, 0.25) is 0 Å². The Morgan fingerprint density at radius 1 is 1.24 bits per heavy atom. The predicted octanol–water partition coefficient (Wildman–Crippen LogP) is 2.47. The molecule has 0 saturated carbocycles. The molecule has 3 aromatic heterocycles. The van der Waals surface area contributed by atoms with E-state index < -0.39 is 12.0 Å². The first kappa shape index (κ1) is 18.4. The lowest BCUT2D eigenvalue weighted by Crippen LogP contribution is -2.30. The van der Waals surface area contributed by atoms with Gasteiger partial charge in [-0.05, 0) is 44.1 Å². The molecule has 29 heavy (non-hydrogen) atoms. The molecule has 0 aromatic carbocycles. The van der Waals surface area contributed by atoms with Gasteiger partial charge in [-0.3, -0.25) is 9.78 Å². The SMILES string of the molecule is NC(=O)C1CCC(CNc2nc(-c3cnccn3)nc3sc4c(c23)CCCC4)O1. The smallest absolute Gasteiger partial charge is 0.246 e. The van der Waals surface area contributed by atoms with E-state index in [1.54, 1.807) is 29.9 Å². The van der Waals surface area contributed by atoms with Crippen molar-refractivity contribution >= 4 is 33.3 Å². The van der Waals surface area contributed by atoms with Crippen molar-refractivity contribution in [3.63, 3.8) is 0 Å². The van der Waals surface area contributed by atoms with E-state index >= 15 is 0 Å². The number of amides is 1. The minimum absolute atomic E-state index is 0.0630. The number of aryl methyl sites for hydroxylation is 2. The molecule has 2 unspecified atom stereocenters. The fraction of sp³-hybridized carbons (Fsp3) is 0.450. The molecular weight excluding hydrogens is 388 g/mol. The normalized spacial score (nSPS) is 21.2. The maximum absolute atomic E-state index is 11.4. The summed E-state index contributed by atoms with van der Waals surface area (Å²) in [6.07, 6.45) is 10.4. The number of nitrogens with one attached hydrogen (secondary N) is 1. The van der Waals surface area contributed by atoms with E-state index in [-0.39, 0.29) is 6.10 Å². The zero-order valence-electron chi connectivity index (χ0n) is 15.9. The van der Waals surface area contributed by atoms with Gasteiger partial charge in [-0.2, -0.15) is 0 Å². The van der Waals surface area contributed by atoms with E-state index in [9.17, 15) is 4.79 Å². The molecule has 0 spiro atoms. The number of ether oxygens (including phenoxy) is 1. The molecule has 3 N–H and O–H groups in total. The third-order valence-electron chi connectivity index (χ3n) is 5.53. The van der Waals surface area contributed by atoms with E-state index in [1.807, 2.05) is 0 Å². The topological polar surface area (TPSA) is 116 Å². The second kappa shape index (κ2) is 7.64. The van der Waals surface area contributed by atoms with Gasteiger partial charge in [0, 0.05) is 23.8 Å². The van der Waals surface area contributed by atoms with Crippen LogP contribution in [0.4, 0.5) is 5.82 Å². The molecule has 4 heterocycles. The van der Waals surface area contributed by atoms with Crippen molar-refractivity contribution in [3.8, 4) is 11.5 Å². The highest BCUT2D eigenvalue weighted by Crippen LogP contribution is 2.39. The maximum atomic E-state index is 11.4. The van der Waals surface area contributed by atoms with E-state index in [0.717, 1.165) is 35.3 Å². The van der Waals surface area contributed by atoms with E-state index in [2.05, 4.69) is 15.3 Å². The number of nitrogens with two attached hydrogens (primary N) is 1. The van der Waals surface area contributed by atoms with Crippen molar-refractivity contribution in [2.75, 3.05) is 11.9 Å². The molecule has 1 aliphatic carbocycles. The fourth-order valence-corrected chi connectivity index (χ4v) is 5.35. The summed E-state index contributed by atoms with van der Waals surface area (Å²) in [5, 5.41) is 4.58. The van der Waals surface area contributed by atoms with Crippen molar-refractivity contribution in [2.24, 2.45) is 5.73 Å². The van der Waals surface area contributed by atoms with Gasteiger partial charge in [0.25, 0.3) is 0 Å². The van der Waals surface area contributed by atoms with Gasteiger partial charge in [0.2, 0.25) is 5.91 Å². The lowest BCUT2D eigenvalue weighted by Gasteiger charge is -2.16. The Hall–Kier alpha value is -2.65. The van der Waals surface area contributed by atoms with Crippen LogP contribution < -0.4 is 11.1 Å². The van der Waals surface area contributed by atoms with Gasteiger partial charge in [-0.1, -0.05) is 0 Å². The molecule has 1 fully saturated rings. The average Bonchev–Trinajstić information content (AvgIpc) is 3.37. The minimum atomic E-state index is -0.490. The minimum Gasteiger partial charge on any atom is -0.367 e. The summed E-state index contributed by atoms with van der Waals surface area (Å²) >= 11 is 1.75. The Kier molecular flexibility index (Phi) is 4.84. The zero-order valence-corrected chi connectivity index (χ0v) is 16.7. The second-order valence-electron chi connectivity index (χ2n) is 7.48. The van der Waals surface area contributed by atoms with Crippen molar-refractivity contribution in [1.29, 1.82) is 0 Å². The number of rotatable bonds is 5. The first-order valence-electron chi connectivity index (χ1n) is 9.96. The fourth-order valence-electron chi connectivity index (χ4n) is 4.09. The molecule has 2 atom stereocenters. The van der Waals surface area contributed by atoms with Gasteiger partial charge >= 0.3 is 0 Å². The van der Waals surface area contributed by atoms with Crippen LogP contribution in [0.5, 0.6) is 0 Å². The summed E-state index contributed by atoms with van der Waals surface area (Å²) in [5.41, 5.74) is 7.39. The number of nitrogens with zero attached hydrogens (tertiary/aromatic N) is 4.